The number of ether oxygens (including phenoxy) is 3. The number of rotatable bonds is 10. The molecule has 1 fully saturated rings. The predicted molar refractivity (Wildman–Crippen MR) is 94.1 cm³/mol. The van der Waals surface area contributed by atoms with Crippen LogP contribution < -0.4 is 10.6 Å². The van der Waals surface area contributed by atoms with Crippen molar-refractivity contribution in [3.8, 4) is 0 Å². The van der Waals surface area contributed by atoms with Crippen LogP contribution in [-0.2, 0) is 19.0 Å². The van der Waals surface area contributed by atoms with E-state index in [1.54, 1.807) is 0 Å². The standard InChI is InChI=1S/C17H33N3O4/c1-4-18-17(20-12-14(2)16(21)22-3)19-8-5-9-24-13-15-6-10-23-11-7-15/h14-15H,4-13H2,1-3H3,(H2,18,19,20). The topological polar surface area (TPSA) is 81.2 Å². The van der Waals surface area contributed by atoms with Gasteiger partial charge in [-0.15, -0.1) is 0 Å². The third kappa shape index (κ3) is 9.08. The molecule has 0 radical (unpaired) electrons. The van der Waals surface area contributed by atoms with Gasteiger partial charge in [-0.25, -0.2) is 0 Å². The van der Waals surface area contributed by atoms with Crippen LogP contribution in [0.25, 0.3) is 0 Å². The number of nitrogens with zero attached hydrogens (tertiary/aromatic N) is 1. The quantitative estimate of drug-likeness (QED) is 0.268. The zero-order chi connectivity index (χ0) is 17.6. The van der Waals surface area contributed by atoms with Crippen molar-refractivity contribution in [1.29, 1.82) is 0 Å². The first-order valence-corrected chi connectivity index (χ1v) is 8.92. The van der Waals surface area contributed by atoms with Crippen LogP contribution in [0.2, 0.25) is 0 Å². The molecule has 2 N–H and O–H groups in total. The van der Waals surface area contributed by atoms with Crippen molar-refractivity contribution < 1.29 is 19.0 Å². The zero-order valence-corrected chi connectivity index (χ0v) is 15.3. The lowest BCUT2D eigenvalue weighted by Gasteiger charge is -2.21. The first-order chi connectivity index (χ1) is 11.7. The molecule has 7 nitrogen and oxygen atoms in total. The largest absolute Gasteiger partial charge is 0.469 e. The molecule has 140 valence electrons. The lowest BCUT2D eigenvalue weighted by Crippen LogP contribution is -2.38. The molecule has 1 aliphatic heterocycles. The van der Waals surface area contributed by atoms with Gasteiger partial charge < -0.3 is 24.8 Å². The summed E-state index contributed by atoms with van der Waals surface area (Å²) in [6.45, 7) is 9.08. The molecule has 1 atom stereocenters. The molecule has 0 aromatic heterocycles. The SMILES string of the molecule is CCNC(=NCC(C)C(=O)OC)NCCCOCC1CCOCC1. The van der Waals surface area contributed by atoms with E-state index in [1.165, 1.54) is 7.11 Å². The van der Waals surface area contributed by atoms with Crippen LogP contribution in [-0.4, -0.2) is 65.1 Å². The van der Waals surface area contributed by atoms with Crippen molar-refractivity contribution in [2.45, 2.75) is 33.1 Å². The summed E-state index contributed by atoms with van der Waals surface area (Å²) in [7, 11) is 1.40. The van der Waals surface area contributed by atoms with E-state index < -0.39 is 0 Å². The number of guanidine groups is 1. The second kappa shape index (κ2) is 13.0. The van der Waals surface area contributed by atoms with Crippen LogP contribution in [0.3, 0.4) is 0 Å². The lowest BCUT2D eigenvalue weighted by molar-refractivity contribution is -0.144. The molecule has 1 unspecified atom stereocenters. The highest BCUT2D eigenvalue weighted by molar-refractivity contribution is 5.80. The Morgan fingerprint density at radius 1 is 1.33 bits per heavy atom. The van der Waals surface area contributed by atoms with E-state index in [2.05, 4.69) is 15.6 Å². The summed E-state index contributed by atoms with van der Waals surface area (Å²) in [6, 6.07) is 0. The molecule has 0 aromatic rings. The Bertz CT molecular complexity index is 371. The van der Waals surface area contributed by atoms with Crippen LogP contribution in [0, 0.1) is 11.8 Å². The minimum Gasteiger partial charge on any atom is -0.469 e. The molecule has 0 aliphatic carbocycles. The molecule has 0 saturated carbocycles. The minimum absolute atomic E-state index is 0.240. The third-order valence-corrected chi connectivity index (χ3v) is 3.92. The summed E-state index contributed by atoms with van der Waals surface area (Å²) in [6.07, 6.45) is 3.13. The van der Waals surface area contributed by atoms with E-state index in [0.717, 1.165) is 64.7 Å². The lowest BCUT2D eigenvalue weighted by atomic mass is 10.0. The fourth-order valence-electron chi connectivity index (χ4n) is 2.39. The van der Waals surface area contributed by atoms with Crippen molar-refractivity contribution in [3.63, 3.8) is 0 Å². The minimum atomic E-state index is -0.242. The van der Waals surface area contributed by atoms with E-state index in [9.17, 15) is 4.79 Å². The van der Waals surface area contributed by atoms with Crippen molar-refractivity contribution >= 4 is 11.9 Å². The first-order valence-electron chi connectivity index (χ1n) is 8.92. The van der Waals surface area contributed by atoms with E-state index in [-0.39, 0.29) is 11.9 Å². The molecule has 1 rings (SSSR count). The van der Waals surface area contributed by atoms with Gasteiger partial charge in [-0.3, -0.25) is 9.79 Å². The molecular weight excluding hydrogens is 310 g/mol. The van der Waals surface area contributed by atoms with Crippen molar-refractivity contribution in [2.75, 3.05) is 53.2 Å². The summed E-state index contributed by atoms with van der Waals surface area (Å²) >= 11 is 0. The fourth-order valence-corrected chi connectivity index (χ4v) is 2.39. The molecule has 0 bridgehead atoms. The second-order valence-electron chi connectivity index (χ2n) is 6.05. The van der Waals surface area contributed by atoms with Gasteiger partial charge in [0.15, 0.2) is 5.96 Å². The van der Waals surface area contributed by atoms with E-state index in [0.29, 0.717) is 12.5 Å². The number of nitrogens with one attached hydrogen (secondary N) is 2. The van der Waals surface area contributed by atoms with Gasteiger partial charge in [-0.1, -0.05) is 6.92 Å². The van der Waals surface area contributed by atoms with Gasteiger partial charge in [0.05, 0.1) is 19.6 Å². The van der Waals surface area contributed by atoms with Crippen LogP contribution in [0.1, 0.15) is 33.1 Å². The summed E-state index contributed by atoms with van der Waals surface area (Å²) in [4.78, 5) is 15.8. The molecular formula is C17H33N3O4. The Hall–Kier alpha value is -1.34. The van der Waals surface area contributed by atoms with E-state index in [4.69, 9.17) is 14.2 Å². The van der Waals surface area contributed by atoms with Crippen molar-refractivity contribution in [2.24, 2.45) is 16.8 Å². The number of carbonyl (C=O) groups is 1. The summed E-state index contributed by atoms with van der Waals surface area (Å²) in [5.41, 5.74) is 0. The predicted octanol–water partition coefficient (Wildman–Crippen LogP) is 1.18. The maximum atomic E-state index is 11.4. The van der Waals surface area contributed by atoms with E-state index in [1.807, 2.05) is 13.8 Å². The summed E-state index contributed by atoms with van der Waals surface area (Å²) in [5.74, 6) is 0.882. The molecule has 1 aliphatic rings. The van der Waals surface area contributed by atoms with E-state index >= 15 is 0 Å². The van der Waals surface area contributed by atoms with Crippen LogP contribution in [0.15, 0.2) is 4.99 Å². The molecule has 1 saturated heterocycles. The highest BCUT2D eigenvalue weighted by atomic mass is 16.5. The Morgan fingerprint density at radius 3 is 2.75 bits per heavy atom. The fraction of sp³-hybridized carbons (Fsp3) is 0.882. The smallest absolute Gasteiger partial charge is 0.310 e. The van der Waals surface area contributed by atoms with Gasteiger partial charge in [0.2, 0.25) is 0 Å². The monoisotopic (exact) mass is 343 g/mol. The van der Waals surface area contributed by atoms with Gasteiger partial charge in [0.25, 0.3) is 0 Å². The number of esters is 1. The Balaban J connectivity index is 2.14. The Labute approximate surface area is 145 Å². The van der Waals surface area contributed by atoms with Crippen LogP contribution in [0.4, 0.5) is 0 Å². The Kier molecular flexibility index (Phi) is 11.2. The molecule has 1 heterocycles. The molecule has 0 amide bonds. The second-order valence-corrected chi connectivity index (χ2v) is 6.05. The number of aliphatic imine (C=N–C) groups is 1. The number of carbonyl (C=O) groups excluding carboxylic acids is 1. The Morgan fingerprint density at radius 2 is 2.08 bits per heavy atom. The molecule has 24 heavy (non-hydrogen) atoms. The van der Waals surface area contributed by atoms with Crippen molar-refractivity contribution in [1.82, 2.24) is 10.6 Å². The summed E-state index contributed by atoms with van der Waals surface area (Å²) < 4.78 is 15.8. The van der Waals surface area contributed by atoms with Gasteiger partial charge >= 0.3 is 5.97 Å². The maximum Gasteiger partial charge on any atom is 0.310 e. The van der Waals surface area contributed by atoms with Gasteiger partial charge in [0, 0.05) is 39.5 Å². The normalized spacial score (nSPS) is 17.4. The average molecular weight is 343 g/mol. The van der Waals surface area contributed by atoms with Crippen LogP contribution >= 0.6 is 0 Å². The van der Waals surface area contributed by atoms with Crippen molar-refractivity contribution in [3.05, 3.63) is 0 Å². The molecule has 0 spiro atoms. The first kappa shape index (κ1) is 20.7. The van der Waals surface area contributed by atoms with Gasteiger partial charge in [-0.05, 0) is 32.1 Å². The number of hydrogen-bond donors (Lipinski definition) is 2. The maximum absolute atomic E-state index is 11.4. The van der Waals surface area contributed by atoms with Gasteiger partial charge in [-0.2, -0.15) is 0 Å². The molecule has 0 aromatic carbocycles. The third-order valence-electron chi connectivity index (χ3n) is 3.92. The number of methoxy groups -OCH3 is 1. The number of hydrogen-bond acceptors (Lipinski definition) is 5. The zero-order valence-electron chi connectivity index (χ0n) is 15.3. The molecule has 7 heteroatoms. The van der Waals surface area contributed by atoms with Gasteiger partial charge in [0.1, 0.15) is 0 Å². The van der Waals surface area contributed by atoms with Crippen LogP contribution in [0.5, 0.6) is 0 Å². The average Bonchev–Trinajstić information content (AvgIpc) is 2.62. The summed E-state index contributed by atoms with van der Waals surface area (Å²) in [5, 5.41) is 6.43. The highest BCUT2D eigenvalue weighted by Gasteiger charge is 2.14. The highest BCUT2D eigenvalue weighted by Crippen LogP contribution is 2.14.